The van der Waals surface area contributed by atoms with Gasteiger partial charge in [0.1, 0.15) is 6.33 Å². The number of aromatic nitrogens is 3. The number of rotatable bonds is 3. The zero-order valence-electron chi connectivity index (χ0n) is 7.58. The predicted molar refractivity (Wildman–Crippen MR) is 52.3 cm³/mol. The van der Waals surface area contributed by atoms with E-state index < -0.39 is 11.6 Å². The summed E-state index contributed by atoms with van der Waals surface area (Å²) in [5, 5.41) is 6.86. The van der Waals surface area contributed by atoms with Gasteiger partial charge in [0.15, 0.2) is 16.8 Å². The summed E-state index contributed by atoms with van der Waals surface area (Å²) < 4.78 is 26.0. The molecule has 0 unspecified atom stereocenters. The molecule has 0 saturated heterocycles. The van der Waals surface area contributed by atoms with Gasteiger partial charge in [-0.25, -0.2) is 13.8 Å². The van der Waals surface area contributed by atoms with Crippen LogP contribution in [-0.2, 0) is 5.75 Å². The summed E-state index contributed by atoms with van der Waals surface area (Å²) in [4.78, 5) is 3.86. The van der Waals surface area contributed by atoms with Gasteiger partial charge in [-0.15, -0.1) is 0 Å². The lowest BCUT2D eigenvalue weighted by Crippen LogP contribution is -1.91. The van der Waals surface area contributed by atoms with Crippen LogP contribution in [0.1, 0.15) is 5.56 Å². The Bertz CT molecular complexity index is 445. The van der Waals surface area contributed by atoms with Crippen molar-refractivity contribution in [1.29, 1.82) is 0 Å². The Morgan fingerprint density at radius 2 is 2.20 bits per heavy atom. The molecule has 0 radical (unpaired) electrons. The van der Waals surface area contributed by atoms with E-state index in [1.807, 2.05) is 0 Å². The second kappa shape index (κ2) is 4.39. The quantitative estimate of drug-likeness (QED) is 0.818. The smallest absolute Gasteiger partial charge is 0.183 e. The van der Waals surface area contributed by atoms with Crippen molar-refractivity contribution in [2.24, 2.45) is 0 Å². The molecule has 2 aromatic rings. The Morgan fingerprint density at radius 1 is 1.33 bits per heavy atom. The third kappa shape index (κ3) is 2.33. The van der Waals surface area contributed by atoms with E-state index in [0.29, 0.717) is 16.5 Å². The fourth-order valence-electron chi connectivity index (χ4n) is 1.07. The van der Waals surface area contributed by atoms with Crippen molar-refractivity contribution < 1.29 is 8.78 Å². The number of nitrogens with zero attached hydrogens (tertiary/aromatic N) is 2. The normalized spacial score (nSPS) is 10.5. The Labute approximate surface area is 88.9 Å². The molecule has 0 amide bonds. The number of H-pyrrole nitrogens is 1. The summed E-state index contributed by atoms with van der Waals surface area (Å²) in [5.74, 6) is -1.31. The Balaban J connectivity index is 2.08. The first-order valence-corrected chi connectivity index (χ1v) is 5.17. The van der Waals surface area contributed by atoms with Gasteiger partial charge >= 0.3 is 0 Å². The Morgan fingerprint density at radius 3 is 2.93 bits per heavy atom. The van der Waals surface area contributed by atoms with E-state index in [2.05, 4.69) is 15.2 Å². The molecular formula is C9H7F2N3S. The van der Waals surface area contributed by atoms with Crippen molar-refractivity contribution in [3.8, 4) is 0 Å². The van der Waals surface area contributed by atoms with Crippen LogP contribution in [0.4, 0.5) is 8.78 Å². The molecule has 0 aliphatic rings. The number of aromatic amines is 1. The highest BCUT2D eigenvalue weighted by atomic mass is 32.2. The topological polar surface area (TPSA) is 41.6 Å². The fourth-order valence-corrected chi connectivity index (χ4v) is 1.82. The van der Waals surface area contributed by atoms with E-state index in [0.717, 1.165) is 6.07 Å². The van der Waals surface area contributed by atoms with Gasteiger partial charge in [0.2, 0.25) is 0 Å². The van der Waals surface area contributed by atoms with Crippen LogP contribution in [0.2, 0.25) is 0 Å². The molecule has 0 saturated carbocycles. The molecule has 0 aliphatic carbocycles. The SMILES string of the molecule is Fc1cccc(CSc2ncn[nH]2)c1F. The molecule has 1 aromatic heterocycles. The maximum absolute atomic E-state index is 13.2. The van der Waals surface area contributed by atoms with Gasteiger partial charge in [-0.05, 0) is 6.07 Å². The molecule has 0 spiro atoms. The van der Waals surface area contributed by atoms with Crippen molar-refractivity contribution in [1.82, 2.24) is 15.2 Å². The number of thioether (sulfide) groups is 1. The summed E-state index contributed by atoms with van der Waals surface area (Å²) in [5.41, 5.74) is 0.316. The maximum atomic E-state index is 13.2. The third-order valence-electron chi connectivity index (χ3n) is 1.79. The third-order valence-corrected chi connectivity index (χ3v) is 2.71. The van der Waals surface area contributed by atoms with Crippen LogP contribution in [0, 0.1) is 11.6 Å². The molecule has 3 nitrogen and oxygen atoms in total. The average Bonchev–Trinajstić information content (AvgIpc) is 2.73. The lowest BCUT2D eigenvalue weighted by atomic mass is 10.2. The number of hydrogen-bond acceptors (Lipinski definition) is 3. The van der Waals surface area contributed by atoms with E-state index in [4.69, 9.17) is 0 Å². The highest BCUT2D eigenvalue weighted by Crippen LogP contribution is 2.21. The zero-order valence-corrected chi connectivity index (χ0v) is 8.39. The Kier molecular flexibility index (Phi) is 2.96. The summed E-state index contributed by atoms with van der Waals surface area (Å²) in [7, 11) is 0. The van der Waals surface area contributed by atoms with E-state index in [1.165, 1.54) is 24.2 Å². The van der Waals surface area contributed by atoms with Crippen molar-refractivity contribution in [3.05, 3.63) is 41.7 Å². The number of halogens is 2. The van der Waals surface area contributed by atoms with E-state index >= 15 is 0 Å². The minimum atomic E-state index is -0.828. The van der Waals surface area contributed by atoms with Gasteiger partial charge in [0, 0.05) is 11.3 Å². The second-order valence-electron chi connectivity index (χ2n) is 2.79. The summed E-state index contributed by atoms with van der Waals surface area (Å²) in [6.45, 7) is 0. The number of hydrogen-bond donors (Lipinski definition) is 1. The highest BCUT2D eigenvalue weighted by Gasteiger charge is 2.08. The second-order valence-corrected chi connectivity index (χ2v) is 3.76. The van der Waals surface area contributed by atoms with E-state index in [-0.39, 0.29) is 0 Å². The largest absolute Gasteiger partial charge is 0.254 e. The monoisotopic (exact) mass is 227 g/mol. The molecule has 2 rings (SSSR count). The van der Waals surface area contributed by atoms with Gasteiger partial charge in [-0.3, -0.25) is 5.10 Å². The first-order chi connectivity index (χ1) is 7.27. The first kappa shape index (κ1) is 10.1. The predicted octanol–water partition coefficient (Wildman–Crippen LogP) is 2.38. The zero-order chi connectivity index (χ0) is 10.7. The average molecular weight is 227 g/mol. The van der Waals surface area contributed by atoms with Crippen molar-refractivity contribution in [3.63, 3.8) is 0 Å². The highest BCUT2D eigenvalue weighted by molar-refractivity contribution is 7.98. The summed E-state index contributed by atoms with van der Waals surface area (Å²) in [6, 6.07) is 4.12. The molecule has 15 heavy (non-hydrogen) atoms. The fraction of sp³-hybridized carbons (Fsp3) is 0.111. The first-order valence-electron chi connectivity index (χ1n) is 4.18. The van der Waals surface area contributed by atoms with Crippen molar-refractivity contribution >= 4 is 11.8 Å². The lowest BCUT2D eigenvalue weighted by molar-refractivity contribution is 0.502. The van der Waals surface area contributed by atoms with Crippen LogP contribution < -0.4 is 0 Å². The van der Waals surface area contributed by atoms with Crippen molar-refractivity contribution in [2.45, 2.75) is 10.9 Å². The van der Waals surface area contributed by atoms with Gasteiger partial charge < -0.3 is 0 Å². The number of nitrogens with one attached hydrogen (secondary N) is 1. The van der Waals surface area contributed by atoms with Crippen LogP contribution >= 0.6 is 11.8 Å². The molecule has 1 N–H and O–H groups in total. The molecule has 6 heteroatoms. The van der Waals surface area contributed by atoms with Crippen LogP contribution in [0.5, 0.6) is 0 Å². The minimum absolute atomic E-state index is 0.316. The van der Waals surface area contributed by atoms with Crippen molar-refractivity contribution in [2.75, 3.05) is 0 Å². The molecule has 0 aliphatic heterocycles. The molecule has 1 aromatic carbocycles. The van der Waals surface area contributed by atoms with E-state index in [9.17, 15) is 8.78 Å². The molecule has 1 heterocycles. The van der Waals surface area contributed by atoms with Crippen LogP contribution in [-0.4, -0.2) is 15.2 Å². The Hall–Kier alpha value is -1.43. The van der Waals surface area contributed by atoms with Gasteiger partial charge in [0.05, 0.1) is 0 Å². The van der Waals surface area contributed by atoms with Crippen LogP contribution in [0.25, 0.3) is 0 Å². The van der Waals surface area contributed by atoms with Gasteiger partial charge in [-0.1, -0.05) is 23.9 Å². The lowest BCUT2D eigenvalue weighted by Gasteiger charge is -2.01. The van der Waals surface area contributed by atoms with Gasteiger partial charge in [-0.2, -0.15) is 5.10 Å². The van der Waals surface area contributed by atoms with E-state index in [1.54, 1.807) is 6.07 Å². The molecule has 0 fully saturated rings. The minimum Gasteiger partial charge on any atom is -0.254 e. The standard InChI is InChI=1S/C9H7F2N3S/c10-7-3-1-2-6(8(7)11)4-15-9-12-5-13-14-9/h1-3,5H,4H2,(H,12,13,14). The molecule has 0 atom stereocenters. The maximum Gasteiger partial charge on any atom is 0.183 e. The number of benzene rings is 1. The molecule has 0 bridgehead atoms. The van der Waals surface area contributed by atoms with Gasteiger partial charge in [0.25, 0.3) is 0 Å². The van der Waals surface area contributed by atoms with Crippen LogP contribution in [0.3, 0.4) is 0 Å². The van der Waals surface area contributed by atoms with Crippen LogP contribution in [0.15, 0.2) is 29.7 Å². The summed E-state index contributed by atoms with van der Waals surface area (Å²) >= 11 is 1.27. The molecular weight excluding hydrogens is 220 g/mol. The summed E-state index contributed by atoms with van der Waals surface area (Å²) in [6.07, 6.45) is 1.37. The molecule has 78 valence electrons.